The quantitative estimate of drug-likeness (QED) is 0.0894. The number of rotatable bonds is 16. The van der Waals surface area contributed by atoms with Crippen molar-refractivity contribution in [1.82, 2.24) is 0 Å². The molecule has 0 amide bonds. The van der Waals surface area contributed by atoms with E-state index in [2.05, 4.69) is 62.8 Å². The fraction of sp³-hybridized carbons (Fsp3) is 0.917. The van der Waals surface area contributed by atoms with E-state index in [-0.39, 0.29) is 33.1 Å². The standard InChI is InChI=1S/2C11H22O2S.2CH3.Sn/c2*1-10(2)6-4-3-5-8-13-11(12)7-9-14;;;/h2*10,14H,3-9H2,1-2H3;2*1H3;. The van der Waals surface area contributed by atoms with Crippen LogP contribution in [0, 0.1) is 11.8 Å². The molecule has 0 aromatic rings. The molecular formula is C24H50O4S2Sn. The van der Waals surface area contributed by atoms with Gasteiger partial charge in [-0.15, -0.1) is 0 Å². The molecule has 31 heavy (non-hydrogen) atoms. The molecule has 0 saturated heterocycles. The van der Waals surface area contributed by atoms with Gasteiger partial charge in [0.1, 0.15) is 0 Å². The Kier molecular flexibility index (Phi) is 35.4. The molecule has 0 heterocycles. The summed E-state index contributed by atoms with van der Waals surface area (Å²) in [4.78, 5) is 26.4. The summed E-state index contributed by atoms with van der Waals surface area (Å²) in [5.74, 6) is 2.47. The Hall–Kier alpha value is 0.439. The van der Waals surface area contributed by atoms with Crippen LogP contribution in [0.2, 0.25) is 9.88 Å². The number of hydrogen-bond donors (Lipinski definition) is 2. The molecule has 2 radical (unpaired) electrons. The molecule has 186 valence electrons. The summed E-state index contributed by atoms with van der Waals surface area (Å²) in [5.41, 5.74) is 0. The van der Waals surface area contributed by atoms with Crippen LogP contribution in [0.4, 0.5) is 0 Å². The summed E-state index contributed by atoms with van der Waals surface area (Å²) in [7, 11) is 0. The maximum absolute atomic E-state index is 10.9. The van der Waals surface area contributed by atoms with E-state index in [1.54, 1.807) is 0 Å². The summed E-state index contributed by atoms with van der Waals surface area (Å²) in [6.45, 7) is 10.1. The molecule has 4 nitrogen and oxygen atoms in total. The van der Waals surface area contributed by atoms with Crippen molar-refractivity contribution in [2.24, 2.45) is 11.8 Å². The van der Waals surface area contributed by atoms with E-state index < -0.39 is 0 Å². The van der Waals surface area contributed by atoms with Crippen LogP contribution in [0.25, 0.3) is 0 Å². The Morgan fingerprint density at radius 1 is 0.677 bits per heavy atom. The molecule has 0 rings (SSSR count). The molecule has 0 atom stereocenters. The number of unbranched alkanes of at least 4 members (excludes halogenated alkanes) is 4. The zero-order valence-corrected chi connectivity index (χ0v) is 25.7. The fourth-order valence-electron chi connectivity index (χ4n) is 2.36. The molecule has 0 unspecified atom stereocenters. The molecule has 0 N–H and O–H groups in total. The average Bonchev–Trinajstić information content (AvgIpc) is 2.68. The zero-order chi connectivity index (χ0) is 24.3. The molecule has 0 aliphatic rings. The van der Waals surface area contributed by atoms with E-state index in [0.717, 1.165) is 37.5 Å². The van der Waals surface area contributed by atoms with E-state index in [1.807, 2.05) is 0 Å². The van der Waals surface area contributed by atoms with Gasteiger partial charge >= 0.3 is 43.0 Å². The van der Waals surface area contributed by atoms with Gasteiger partial charge in [0.15, 0.2) is 0 Å². The van der Waals surface area contributed by atoms with Crippen molar-refractivity contribution in [2.75, 3.05) is 24.7 Å². The van der Waals surface area contributed by atoms with Crippen LogP contribution < -0.4 is 0 Å². The number of esters is 2. The number of ether oxygens (including phenoxy) is 2. The molecule has 0 aliphatic carbocycles. The summed E-state index contributed by atoms with van der Waals surface area (Å²) in [6.07, 6.45) is 10.2. The summed E-state index contributed by atoms with van der Waals surface area (Å²) < 4.78 is 10.0. The van der Waals surface area contributed by atoms with Gasteiger partial charge < -0.3 is 9.47 Å². The Bertz CT molecular complexity index is 347. The number of hydrogen-bond acceptors (Lipinski definition) is 6. The van der Waals surface area contributed by atoms with Crippen LogP contribution in [0.1, 0.15) is 91.9 Å². The van der Waals surface area contributed by atoms with Crippen LogP contribution in [0.3, 0.4) is 0 Å². The second kappa shape index (κ2) is 30.4. The molecule has 7 heteroatoms. The van der Waals surface area contributed by atoms with Gasteiger partial charge in [-0.2, -0.15) is 25.3 Å². The van der Waals surface area contributed by atoms with Crippen LogP contribution >= 0.6 is 25.3 Å². The van der Waals surface area contributed by atoms with Gasteiger partial charge in [-0.1, -0.05) is 66.2 Å². The Morgan fingerprint density at radius 3 is 1.26 bits per heavy atom. The topological polar surface area (TPSA) is 52.6 Å². The van der Waals surface area contributed by atoms with E-state index >= 15 is 0 Å². The minimum atomic E-state index is -0.121. The van der Waals surface area contributed by atoms with Gasteiger partial charge in [0.2, 0.25) is 0 Å². The predicted molar refractivity (Wildman–Crippen MR) is 143 cm³/mol. The van der Waals surface area contributed by atoms with Crippen molar-refractivity contribution in [3.63, 3.8) is 0 Å². The molecule has 0 aromatic carbocycles. The van der Waals surface area contributed by atoms with E-state index in [1.165, 1.54) is 25.7 Å². The van der Waals surface area contributed by atoms with Crippen molar-refractivity contribution < 1.29 is 19.1 Å². The number of thiol groups is 2. The first-order valence-electron chi connectivity index (χ1n) is 11.9. The van der Waals surface area contributed by atoms with Gasteiger partial charge in [-0.3, -0.25) is 9.59 Å². The van der Waals surface area contributed by atoms with Crippen molar-refractivity contribution in [3.05, 3.63) is 0 Å². The van der Waals surface area contributed by atoms with Gasteiger partial charge in [-0.25, -0.2) is 0 Å². The third-order valence-electron chi connectivity index (χ3n) is 4.01. The predicted octanol–water partition coefficient (Wildman–Crippen LogP) is 6.92. The molecule has 0 bridgehead atoms. The summed E-state index contributed by atoms with van der Waals surface area (Å²) >= 11 is 8.15. The van der Waals surface area contributed by atoms with Gasteiger partial charge in [-0.05, 0) is 24.7 Å². The first-order valence-corrected chi connectivity index (χ1v) is 18.8. The first-order chi connectivity index (χ1) is 14.7. The third kappa shape index (κ3) is 41.2. The van der Waals surface area contributed by atoms with Gasteiger partial charge in [0.25, 0.3) is 0 Å². The number of carbonyl (C=O) groups excluding carboxylic acids is 2. The monoisotopic (exact) mass is 586 g/mol. The van der Waals surface area contributed by atoms with Crippen LogP contribution in [0.15, 0.2) is 0 Å². The van der Waals surface area contributed by atoms with Gasteiger partial charge in [0.05, 0.1) is 26.1 Å². The minimum absolute atomic E-state index is 0.121. The SMILES string of the molecule is CC(C)CCCCCOC(=O)CCS.CC(C)CCCCCOC(=O)CCS.[CH3][Sn][CH3]. The van der Waals surface area contributed by atoms with E-state index in [4.69, 9.17) is 9.47 Å². The third-order valence-corrected chi connectivity index (χ3v) is 4.46. The maximum atomic E-state index is 10.9. The first kappa shape index (κ1) is 36.0. The van der Waals surface area contributed by atoms with E-state index in [0.29, 0.717) is 37.6 Å². The van der Waals surface area contributed by atoms with Crippen molar-refractivity contribution >= 4 is 58.3 Å². The van der Waals surface area contributed by atoms with Gasteiger partial charge in [0, 0.05) is 11.5 Å². The summed E-state index contributed by atoms with van der Waals surface area (Å²) in [6, 6.07) is 0. The fourth-order valence-corrected chi connectivity index (χ4v) is 2.73. The van der Waals surface area contributed by atoms with E-state index in [9.17, 15) is 9.59 Å². The molecule has 0 fully saturated rings. The Morgan fingerprint density at radius 2 is 1.00 bits per heavy atom. The molecule has 0 aliphatic heterocycles. The van der Waals surface area contributed by atoms with Crippen LogP contribution in [0.5, 0.6) is 0 Å². The average molecular weight is 586 g/mol. The van der Waals surface area contributed by atoms with Crippen molar-refractivity contribution in [1.29, 1.82) is 0 Å². The van der Waals surface area contributed by atoms with Crippen LogP contribution in [-0.4, -0.2) is 57.8 Å². The normalized spacial score (nSPS) is 10.1. The van der Waals surface area contributed by atoms with Crippen molar-refractivity contribution in [3.8, 4) is 0 Å². The molecule has 0 spiro atoms. The molecule has 0 aromatic heterocycles. The molecular weight excluding hydrogens is 535 g/mol. The Balaban J connectivity index is -0.000000448. The Labute approximate surface area is 214 Å². The number of carbonyl (C=O) groups is 2. The van der Waals surface area contributed by atoms with Crippen molar-refractivity contribution in [2.45, 2.75) is 102 Å². The molecule has 0 saturated carbocycles. The summed E-state index contributed by atoms with van der Waals surface area (Å²) in [5, 5.41) is 0. The second-order valence-corrected chi connectivity index (χ2v) is 12.1. The zero-order valence-electron chi connectivity index (χ0n) is 21.1. The van der Waals surface area contributed by atoms with Crippen LogP contribution in [-0.2, 0) is 19.1 Å². The second-order valence-electron chi connectivity index (χ2n) is 8.37.